The van der Waals surface area contributed by atoms with E-state index in [2.05, 4.69) is 20.3 Å². The Bertz CT molecular complexity index is 1120. The molecule has 0 unspecified atom stereocenters. The molecular weight excluding hydrogens is 378 g/mol. The van der Waals surface area contributed by atoms with Crippen molar-refractivity contribution >= 4 is 23.1 Å². The summed E-state index contributed by atoms with van der Waals surface area (Å²) in [4.78, 5) is 36.3. The van der Waals surface area contributed by atoms with Crippen LogP contribution >= 0.6 is 0 Å². The number of carbonyl (C=O) groups excluding carboxylic acids is 2. The van der Waals surface area contributed by atoms with E-state index in [1.165, 1.54) is 6.33 Å². The van der Waals surface area contributed by atoms with Crippen molar-refractivity contribution in [3.63, 3.8) is 0 Å². The molecule has 4 N–H and O–H groups in total. The van der Waals surface area contributed by atoms with Gasteiger partial charge in [0.25, 0.3) is 5.91 Å². The lowest BCUT2D eigenvalue weighted by Gasteiger charge is -2.16. The first-order valence-electron chi connectivity index (χ1n) is 9.59. The highest BCUT2D eigenvalue weighted by Crippen LogP contribution is 2.23. The van der Waals surface area contributed by atoms with Crippen LogP contribution in [0, 0.1) is 0 Å². The normalized spacial score (nSPS) is 14.0. The van der Waals surface area contributed by atoms with Crippen LogP contribution in [0.2, 0.25) is 0 Å². The fraction of sp³-hybridized carbons (Fsp3) is 0.130. The van der Waals surface area contributed by atoms with E-state index in [0.29, 0.717) is 23.4 Å². The number of aliphatic imine (C=N–C) groups is 1. The Labute approximate surface area is 173 Å². The van der Waals surface area contributed by atoms with Gasteiger partial charge in [-0.3, -0.25) is 14.6 Å². The molecule has 1 aliphatic rings. The van der Waals surface area contributed by atoms with Gasteiger partial charge in [0.2, 0.25) is 5.91 Å². The van der Waals surface area contributed by atoms with Crippen LogP contribution < -0.4 is 11.1 Å². The van der Waals surface area contributed by atoms with Crippen LogP contribution in [-0.2, 0) is 11.2 Å². The lowest BCUT2D eigenvalue weighted by molar-refractivity contribution is -0.119. The third-order valence-corrected chi connectivity index (χ3v) is 4.95. The predicted molar refractivity (Wildman–Crippen MR) is 115 cm³/mol. The molecule has 2 heterocycles. The molecule has 4 rings (SSSR count). The summed E-state index contributed by atoms with van der Waals surface area (Å²) in [6.45, 7) is 0.555. The number of nitrogens with zero attached hydrogens (tertiary/aromatic N) is 2. The minimum Gasteiger partial charge on any atom is -0.368 e. The van der Waals surface area contributed by atoms with Gasteiger partial charge < -0.3 is 16.0 Å². The maximum absolute atomic E-state index is 13.0. The molecule has 2 amide bonds. The topological polar surface area (TPSA) is 113 Å². The molecule has 0 spiro atoms. The van der Waals surface area contributed by atoms with Crippen molar-refractivity contribution < 1.29 is 9.59 Å². The number of aromatic nitrogens is 2. The number of nitrogens with two attached hydrogens (primary N) is 1. The van der Waals surface area contributed by atoms with E-state index in [-0.39, 0.29) is 12.3 Å². The van der Waals surface area contributed by atoms with Crippen molar-refractivity contribution in [3.8, 4) is 0 Å². The zero-order chi connectivity index (χ0) is 20.9. The van der Waals surface area contributed by atoms with E-state index in [1.54, 1.807) is 18.3 Å². The van der Waals surface area contributed by atoms with Gasteiger partial charge >= 0.3 is 0 Å². The van der Waals surface area contributed by atoms with Gasteiger partial charge in [0.1, 0.15) is 6.04 Å². The number of imidazole rings is 1. The molecule has 0 bridgehead atoms. The Kier molecular flexibility index (Phi) is 5.52. The maximum Gasteiger partial charge on any atom is 0.252 e. The summed E-state index contributed by atoms with van der Waals surface area (Å²) in [5.41, 5.74) is 10.3. The highest BCUT2D eigenvalue weighted by molar-refractivity contribution is 6.19. The second kappa shape index (κ2) is 8.57. The summed E-state index contributed by atoms with van der Waals surface area (Å²) in [6, 6.07) is 16.4. The van der Waals surface area contributed by atoms with E-state index in [0.717, 1.165) is 16.8 Å². The van der Waals surface area contributed by atoms with Crippen LogP contribution in [0.4, 0.5) is 0 Å². The molecule has 7 heteroatoms. The van der Waals surface area contributed by atoms with E-state index in [1.807, 2.05) is 48.5 Å². The predicted octanol–water partition coefficient (Wildman–Crippen LogP) is 2.12. The fourth-order valence-corrected chi connectivity index (χ4v) is 3.40. The van der Waals surface area contributed by atoms with Gasteiger partial charge in [-0.25, -0.2) is 4.98 Å². The third-order valence-electron chi connectivity index (χ3n) is 4.95. The van der Waals surface area contributed by atoms with Gasteiger partial charge in [-0.05, 0) is 23.3 Å². The van der Waals surface area contributed by atoms with Crippen LogP contribution in [0.3, 0.4) is 0 Å². The van der Waals surface area contributed by atoms with E-state index < -0.39 is 11.9 Å². The summed E-state index contributed by atoms with van der Waals surface area (Å²) < 4.78 is 0. The van der Waals surface area contributed by atoms with Crippen LogP contribution in [0.15, 0.2) is 78.2 Å². The van der Waals surface area contributed by atoms with Crippen LogP contribution in [0.1, 0.15) is 27.2 Å². The second-order valence-corrected chi connectivity index (χ2v) is 6.99. The second-order valence-electron chi connectivity index (χ2n) is 6.99. The number of aromatic amines is 1. The molecule has 150 valence electrons. The number of rotatable bonds is 7. The van der Waals surface area contributed by atoms with Crippen molar-refractivity contribution in [2.75, 3.05) is 6.54 Å². The minimum atomic E-state index is -0.855. The smallest absolute Gasteiger partial charge is 0.252 e. The molecule has 0 radical (unpaired) electrons. The van der Waals surface area contributed by atoms with Crippen LogP contribution in [0.25, 0.3) is 5.57 Å². The Morgan fingerprint density at radius 2 is 1.87 bits per heavy atom. The average Bonchev–Trinajstić information content (AvgIpc) is 3.46. The Morgan fingerprint density at radius 3 is 2.60 bits per heavy atom. The Balaban J connectivity index is 1.56. The number of hydrogen-bond donors (Lipinski definition) is 3. The summed E-state index contributed by atoms with van der Waals surface area (Å²) in [7, 11) is 0. The molecule has 0 saturated carbocycles. The molecule has 0 saturated heterocycles. The van der Waals surface area contributed by atoms with Crippen LogP contribution in [-0.4, -0.2) is 40.1 Å². The number of allylic oxidation sites excluding steroid dienone is 1. The first-order chi connectivity index (χ1) is 14.6. The molecule has 0 aliphatic carbocycles. The Morgan fingerprint density at radius 1 is 1.10 bits per heavy atom. The van der Waals surface area contributed by atoms with Crippen LogP contribution in [0.5, 0.6) is 0 Å². The molecule has 1 atom stereocenters. The molecule has 7 nitrogen and oxygen atoms in total. The van der Waals surface area contributed by atoms with Gasteiger partial charge in [0.05, 0.1) is 18.6 Å². The lowest BCUT2D eigenvalue weighted by atomic mass is 9.99. The zero-order valence-corrected chi connectivity index (χ0v) is 16.2. The summed E-state index contributed by atoms with van der Waals surface area (Å²) in [5, 5.41) is 2.74. The largest absolute Gasteiger partial charge is 0.368 e. The zero-order valence-electron chi connectivity index (χ0n) is 16.2. The molecule has 0 fully saturated rings. The first-order valence-corrected chi connectivity index (χ1v) is 9.59. The molecular formula is C23H21N5O2. The average molecular weight is 399 g/mol. The van der Waals surface area contributed by atoms with E-state index in [4.69, 9.17) is 5.73 Å². The molecule has 30 heavy (non-hydrogen) atoms. The first kappa shape index (κ1) is 19.3. The van der Waals surface area contributed by atoms with Gasteiger partial charge in [-0.2, -0.15) is 0 Å². The number of benzene rings is 2. The number of nitrogens with one attached hydrogen (secondary N) is 2. The summed E-state index contributed by atoms with van der Waals surface area (Å²) in [6.07, 6.45) is 5.35. The van der Waals surface area contributed by atoms with Crippen molar-refractivity contribution in [2.45, 2.75) is 12.5 Å². The molecule has 1 aromatic heterocycles. The molecule has 3 aromatic rings. The Hall–Kier alpha value is -4.00. The minimum absolute atomic E-state index is 0.238. The van der Waals surface area contributed by atoms with Crippen molar-refractivity contribution in [1.29, 1.82) is 0 Å². The number of H-pyrrole nitrogens is 1. The number of hydrogen-bond acceptors (Lipinski definition) is 4. The van der Waals surface area contributed by atoms with E-state index in [9.17, 15) is 9.59 Å². The quantitative estimate of drug-likeness (QED) is 0.565. The molecule has 1 aliphatic heterocycles. The third kappa shape index (κ3) is 4.20. The van der Waals surface area contributed by atoms with E-state index >= 15 is 0 Å². The monoisotopic (exact) mass is 399 g/mol. The van der Waals surface area contributed by atoms with Crippen molar-refractivity contribution in [1.82, 2.24) is 15.3 Å². The van der Waals surface area contributed by atoms with Gasteiger partial charge in [-0.15, -0.1) is 0 Å². The van der Waals surface area contributed by atoms with Crippen molar-refractivity contribution in [3.05, 3.63) is 95.6 Å². The van der Waals surface area contributed by atoms with Crippen molar-refractivity contribution in [2.24, 2.45) is 10.7 Å². The lowest BCUT2D eigenvalue weighted by Crippen LogP contribution is -2.46. The number of primary amides is 1. The standard InChI is InChI=1S/C23H21N5O2/c24-22(29)21(11-17-13-25-14-27-17)28-23(30)19-9-5-4-8-18(19)20-10-16(12-26-20)15-6-2-1-3-7-15/h1-10,13-14,21H,11-12H2,(H2,24,29)(H,25,27)(H,28,30)/t21-/m0/s1. The summed E-state index contributed by atoms with van der Waals surface area (Å²) >= 11 is 0. The fourth-order valence-electron chi connectivity index (χ4n) is 3.40. The number of carbonyl (C=O) groups is 2. The SMILES string of the molecule is NC(=O)[C@H](Cc1cnc[nH]1)NC(=O)c1ccccc1C1=NCC(c2ccccc2)=C1. The highest BCUT2D eigenvalue weighted by atomic mass is 16.2. The van der Waals surface area contributed by atoms with Gasteiger partial charge in [-0.1, -0.05) is 48.5 Å². The van der Waals surface area contributed by atoms with Gasteiger partial charge in [0, 0.05) is 29.4 Å². The number of amides is 2. The summed E-state index contributed by atoms with van der Waals surface area (Å²) in [5.74, 6) is -0.988. The molecule has 2 aromatic carbocycles. The highest BCUT2D eigenvalue weighted by Gasteiger charge is 2.23. The maximum atomic E-state index is 13.0. The van der Waals surface area contributed by atoms with Gasteiger partial charge in [0.15, 0.2) is 0 Å².